The van der Waals surface area contributed by atoms with Gasteiger partial charge in [0.1, 0.15) is 17.9 Å². The molecule has 0 aliphatic carbocycles. The Bertz CT molecular complexity index is 226. The third-order valence-corrected chi connectivity index (χ3v) is 11.6. The van der Waals surface area contributed by atoms with Gasteiger partial charge in [0.25, 0.3) is 0 Å². The molecule has 0 heterocycles. The van der Waals surface area contributed by atoms with Crippen LogP contribution in [0, 0.1) is 0 Å². The molecule has 0 aliphatic rings. The van der Waals surface area contributed by atoms with Crippen LogP contribution in [0.3, 0.4) is 0 Å². The predicted octanol–water partition coefficient (Wildman–Crippen LogP) is 4.32. The van der Waals surface area contributed by atoms with Crippen LogP contribution in [0.4, 0.5) is 0 Å². The van der Waals surface area contributed by atoms with Gasteiger partial charge in [-0.1, -0.05) is 74.9 Å². The Morgan fingerprint density at radius 1 is 0.571 bits per heavy atom. The lowest BCUT2D eigenvalue weighted by molar-refractivity contribution is 0.300. The SMILES string of the molecule is CC(C)N(C(C)C)[SiH](C)CCC[SiH](C)N(C(C)C)C(C)C. The Kier molecular flexibility index (Phi) is 10.4. The summed E-state index contributed by atoms with van der Waals surface area (Å²) in [5, 5.41) is 0. The van der Waals surface area contributed by atoms with Crippen LogP contribution in [0.1, 0.15) is 61.8 Å². The summed E-state index contributed by atoms with van der Waals surface area (Å²) >= 11 is 0. The van der Waals surface area contributed by atoms with E-state index >= 15 is 0 Å². The molecule has 0 aromatic heterocycles. The lowest BCUT2D eigenvalue weighted by Gasteiger charge is -2.37. The maximum atomic E-state index is 2.80. The highest BCUT2D eigenvalue weighted by Gasteiger charge is 2.23. The number of hydrogen-bond acceptors (Lipinski definition) is 2. The molecule has 0 saturated heterocycles. The average Bonchev–Trinajstić information content (AvgIpc) is 2.26. The fourth-order valence-electron chi connectivity index (χ4n) is 4.24. The van der Waals surface area contributed by atoms with Crippen molar-refractivity contribution in [3.8, 4) is 0 Å². The molecule has 2 atom stereocenters. The molecular weight excluding hydrogens is 288 g/mol. The summed E-state index contributed by atoms with van der Waals surface area (Å²) in [5.74, 6) is 0. The van der Waals surface area contributed by atoms with Gasteiger partial charge in [-0.25, -0.2) is 0 Å². The van der Waals surface area contributed by atoms with Gasteiger partial charge in [-0.05, 0) is 36.3 Å². The minimum absolute atomic E-state index is 0.712. The van der Waals surface area contributed by atoms with Crippen molar-refractivity contribution in [3.63, 3.8) is 0 Å². The van der Waals surface area contributed by atoms with E-state index in [0.717, 1.165) is 0 Å². The van der Waals surface area contributed by atoms with Crippen LogP contribution in [0.15, 0.2) is 0 Å². The fourth-order valence-corrected chi connectivity index (χ4v) is 11.0. The highest BCUT2D eigenvalue weighted by Crippen LogP contribution is 2.17. The van der Waals surface area contributed by atoms with Crippen molar-refractivity contribution >= 4 is 17.9 Å². The van der Waals surface area contributed by atoms with Crippen LogP contribution in [0.25, 0.3) is 0 Å². The molecule has 2 unspecified atom stereocenters. The first-order valence-corrected chi connectivity index (χ1v) is 14.1. The van der Waals surface area contributed by atoms with Gasteiger partial charge in [0.05, 0.1) is 0 Å². The summed E-state index contributed by atoms with van der Waals surface area (Å²) in [6.45, 7) is 24.0. The zero-order valence-corrected chi connectivity index (χ0v) is 18.8. The standard InChI is InChI=1S/C17H42N2Si2/c1-14(2)18(15(3)4)20(9)12-11-13-21(10)19(16(5)6)17(7)8/h14-17,20-21H,11-13H2,1-10H3. The topological polar surface area (TPSA) is 6.48 Å². The van der Waals surface area contributed by atoms with Crippen LogP contribution in [-0.2, 0) is 0 Å². The van der Waals surface area contributed by atoms with Crippen LogP contribution in [0.2, 0.25) is 25.2 Å². The van der Waals surface area contributed by atoms with E-state index in [9.17, 15) is 0 Å². The van der Waals surface area contributed by atoms with Gasteiger partial charge in [-0.2, -0.15) is 0 Å². The maximum absolute atomic E-state index is 2.80. The normalized spacial score (nSPS) is 16.0. The molecule has 0 saturated carbocycles. The minimum atomic E-state index is -0.735. The van der Waals surface area contributed by atoms with Gasteiger partial charge < -0.3 is 9.13 Å². The van der Waals surface area contributed by atoms with Gasteiger partial charge in [-0.3, -0.25) is 0 Å². The Labute approximate surface area is 138 Å². The average molecular weight is 331 g/mol. The summed E-state index contributed by atoms with van der Waals surface area (Å²) in [6.07, 6.45) is 1.45. The largest absolute Gasteiger partial charge is 0.322 e. The van der Waals surface area contributed by atoms with E-state index < -0.39 is 17.9 Å². The Morgan fingerprint density at radius 2 is 0.810 bits per heavy atom. The van der Waals surface area contributed by atoms with E-state index in [-0.39, 0.29) is 0 Å². The van der Waals surface area contributed by atoms with E-state index in [1.807, 2.05) is 0 Å². The van der Waals surface area contributed by atoms with E-state index in [0.29, 0.717) is 24.2 Å². The summed E-state index contributed by atoms with van der Waals surface area (Å²) in [5.41, 5.74) is 0. The zero-order chi connectivity index (χ0) is 16.7. The van der Waals surface area contributed by atoms with Crippen LogP contribution >= 0.6 is 0 Å². The smallest absolute Gasteiger partial charge is 0.109 e. The molecule has 0 rings (SSSR count). The second-order valence-corrected chi connectivity index (χ2v) is 13.6. The first kappa shape index (κ1) is 21.4. The lowest BCUT2D eigenvalue weighted by Crippen LogP contribution is -2.47. The van der Waals surface area contributed by atoms with Crippen molar-refractivity contribution < 1.29 is 0 Å². The second-order valence-electron chi connectivity index (χ2n) is 7.90. The summed E-state index contributed by atoms with van der Waals surface area (Å²) < 4.78 is 5.60. The van der Waals surface area contributed by atoms with Crippen molar-refractivity contribution in [3.05, 3.63) is 0 Å². The molecule has 4 heteroatoms. The van der Waals surface area contributed by atoms with E-state index in [1.54, 1.807) is 0 Å². The number of hydrogen-bond donors (Lipinski definition) is 0. The molecule has 0 bridgehead atoms. The summed E-state index contributed by atoms with van der Waals surface area (Å²) in [7, 11) is -1.47. The molecule has 0 spiro atoms. The molecule has 0 aromatic carbocycles. The molecule has 21 heavy (non-hydrogen) atoms. The van der Waals surface area contributed by atoms with Gasteiger partial charge in [-0.15, -0.1) is 0 Å². The van der Waals surface area contributed by atoms with Crippen LogP contribution < -0.4 is 0 Å². The Morgan fingerprint density at radius 3 is 1.00 bits per heavy atom. The molecule has 0 radical (unpaired) electrons. The van der Waals surface area contributed by atoms with Gasteiger partial charge in [0.2, 0.25) is 0 Å². The highest BCUT2D eigenvalue weighted by molar-refractivity contribution is 6.56. The third-order valence-electron chi connectivity index (χ3n) is 4.65. The van der Waals surface area contributed by atoms with Crippen molar-refractivity contribution in [2.75, 3.05) is 0 Å². The van der Waals surface area contributed by atoms with Gasteiger partial charge >= 0.3 is 0 Å². The molecule has 128 valence electrons. The van der Waals surface area contributed by atoms with Crippen LogP contribution in [-0.4, -0.2) is 51.2 Å². The molecule has 0 amide bonds. The lowest BCUT2D eigenvalue weighted by atomic mass is 10.3. The molecule has 0 N–H and O–H groups in total. The quantitative estimate of drug-likeness (QED) is 0.550. The van der Waals surface area contributed by atoms with Gasteiger partial charge in [0, 0.05) is 0 Å². The molecule has 0 fully saturated rings. The van der Waals surface area contributed by atoms with E-state index in [4.69, 9.17) is 0 Å². The Hall–Kier alpha value is 0.354. The zero-order valence-electron chi connectivity index (χ0n) is 16.5. The van der Waals surface area contributed by atoms with Crippen molar-refractivity contribution in [1.82, 2.24) is 9.13 Å². The van der Waals surface area contributed by atoms with Crippen molar-refractivity contribution in [2.45, 2.75) is 111 Å². The fraction of sp³-hybridized carbons (Fsp3) is 1.00. The molecule has 0 aromatic rings. The Balaban J connectivity index is 4.35. The minimum Gasteiger partial charge on any atom is -0.322 e. The highest BCUT2D eigenvalue weighted by atomic mass is 28.3. The molecular formula is C17H42N2Si2. The summed E-state index contributed by atoms with van der Waals surface area (Å²) in [4.78, 5) is 0. The van der Waals surface area contributed by atoms with Crippen molar-refractivity contribution in [2.24, 2.45) is 0 Å². The third kappa shape index (κ3) is 7.44. The summed E-state index contributed by atoms with van der Waals surface area (Å²) in [6, 6.07) is 5.82. The monoisotopic (exact) mass is 330 g/mol. The molecule has 0 aliphatic heterocycles. The predicted molar refractivity (Wildman–Crippen MR) is 104 cm³/mol. The van der Waals surface area contributed by atoms with Crippen molar-refractivity contribution in [1.29, 1.82) is 0 Å². The number of nitrogens with zero attached hydrogens (tertiary/aromatic N) is 2. The van der Waals surface area contributed by atoms with E-state index in [1.165, 1.54) is 18.5 Å². The van der Waals surface area contributed by atoms with Crippen LogP contribution in [0.5, 0.6) is 0 Å². The first-order chi connectivity index (χ1) is 9.59. The van der Waals surface area contributed by atoms with E-state index in [2.05, 4.69) is 77.6 Å². The first-order valence-electron chi connectivity index (χ1n) is 9.14. The second kappa shape index (κ2) is 10.2. The van der Waals surface area contributed by atoms with Gasteiger partial charge in [0.15, 0.2) is 0 Å². The molecule has 2 nitrogen and oxygen atoms in total. The maximum Gasteiger partial charge on any atom is 0.109 e. The number of rotatable bonds is 10.